The maximum Gasteiger partial charge on any atom is -0.0184 e. The standard InChI is InChI=1S/C28H38/c1-3-5-7-8-10-24-13-17-26(18-14-24)28-21-19-27(20-22-28)25-15-11-23(12-16-25)9-6-4-2/h11-12,15-17,19-22,24H,3-10,13-14,18H2,1-2H3. The molecular weight excluding hydrogens is 336 g/mol. The number of benzene rings is 2. The second-order valence-corrected chi connectivity index (χ2v) is 8.60. The van der Waals surface area contributed by atoms with Crippen LogP contribution in [0.25, 0.3) is 16.7 Å². The summed E-state index contributed by atoms with van der Waals surface area (Å²) in [6.45, 7) is 4.55. The third-order valence-electron chi connectivity index (χ3n) is 6.35. The van der Waals surface area contributed by atoms with Crippen LogP contribution in [0, 0.1) is 5.92 Å². The van der Waals surface area contributed by atoms with Crippen molar-refractivity contribution in [1.82, 2.24) is 0 Å². The van der Waals surface area contributed by atoms with Gasteiger partial charge in [0.25, 0.3) is 0 Å². The molecule has 150 valence electrons. The normalized spacial score (nSPS) is 16.8. The molecule has 0 radical (unpaired) electrons. The molecule has 0 spiro atoms. The van der Waals surface area contributed by atoms with Gasteiger partial charge >= 0.3 is 0 Å². The number of allylic oxidation sites excluding steroid dienone is 2. The van der Waals surface area contributed by atoms with Crippen molar-refractivity contribution in [2.24, 2.45) is 5.92 Å². The second kappa shape index (κ2) is 11.2. The fraction of sp³-hybridized carbons (Fsp3) is 0.500. The molecule has 0 nitrogen and oxygen atoms in total. The van der Waals surface area contributed by atoms with Gasteiger partial charge < -0.3 is 0 Å². The molecule has 1 aliphatic carbocycles. The molecule has 0 saturated carbocycles. The first-order valence-electron chi connectivity index (χ1n) is 11.7. The summed E-state index contributed by atoms with van der Waals surface area (Å²) in [5.41, 5.74) is 7.10. The van der Waals surface area contributed by atoms with Crippen LogP contribution in [0.2, 0.25) is 0 Å². The van der Waals surface area contributed by atoms with E-state index in [9.17, 15) is 0 Å². The highest BCUT2D eigenvalue weighted by molar-refractivity contribution is 5.71. The molecule has 0 fully saturated rings. The van der Waals surface area contributed by atoms with Crippen molar-refractivity contribution in [2.75, 3.05) is 0 Å². The lowest BCUT2D eigenvalue weighted by molar-refractivity contribution is 0.425. The molecule has 1 aliphatic rings. The topological polar surface area (TPSA) is 0 Å². The van der Waals surface area contributed by atoms with Gasteiger partial charge in [-0.1, -0.05) is 107 Å². The average molecular weight is 375 g/mol. The van der Waals surface area contributed by atoms with Crippen LogP contribution in [0.5, 0.6) is 0 Å². The van der Waals surface area contributed by atoms with Crippen LogP contribution in [0.1, 0.15) is 89.2 Å². The summed E-state index contributed by atoms with van der Waals surface area (Å²) in [6.07, 6.45) is 17.2. The van der Waals surface area contributed by atoms with Crippen molar-refractivity contribution in [3.8, 4) is 11.1 Å². The van der Waals surface area contributed by atoms with E-state index in [2.05, 4.69) is 68.5 Å². The summed E-state index contributed by atoms with van der Waals surface area (Å²) < 4.78 is 0. The van der Waals surface area contributed by atoms with Crippen LogP contribution < -0.4 is 0 Å². The summed E-state index contributed by atoms with van der Waals surface area (Å²) in [4.78, 5) is 0. The van der Waals surface area contributed by atoms with Gasteiger partial charge in [-0.3, -0.25) is 0 Å². The molecule has 2 aromatic rings. The predicted molar refractivity (Wildman–Crippen MR) is 125 cm³/mol. The Balaban J connectivity index is 1.55. The lowest BCUT2D eigenvalue weighted by atomic mass is 9.83. The highest BCUT2D eigenvalue weighted by Gasteiger charge is 2.15. The Bertz CT molecular complexity index is 718. The maximum atomic E-state index is 2.52. The minimum Gasteiger partial charge on any atom is -0.0804 e. The van der Waals surface area contributed by atoms with Crippen LogP contribution in [-0.4, -0.2) is 0 Å². The van der Waals surface area contributed by atoms with Gasteiger partial charge in [-0.05, 0) is 65.8 Å². The van der Waals surface area contributed by atoms with Gasteiger partial charge in [-0.25, -0.2) is 0 Å². The zero-order chi connectivity index (χ0) is 19.6. The predicted octanol–water partition coefficient (Wildman–Crippen LogP) is 8.85. The Morgan fingerprint density at radius 1 is 0.714 bits per heavy atom. The van der Waals surface area contributed by atoms with Crippen LogP contribution in [0.3, 0.4) is 0 Å². The smallest absolute Gasteiger partial charge is 0.0184 e. The van der Waals surface area contributed by atoms with E-state index in [1.165, 1.54) is 92.9 Å². The van der Waals surface area contributed by atoms with Gasteiger partial charge in [0.05, 0.1) is 0 Å². The van der Waals surface area contributed by atoms with Gasteiger partial charge in [-0.15, -0.1) is 0 Å². The molecule has 3 rings (SSSR count). The first-order chi connectivity index (χ1) is 13.8. The Kier molecular flexibility index (Phi) is 8.40. The van der Waals surface area contributed by atoms with Crippen LogP contribution in [0.15, 0.2) is 54.6 Å². The van der Waals surface area contributed by atoms with Crippen molar-refractivity contribution in [1.29, 1.82) is 0 Å². The van der Waals surface area contributed by atoms with Crippen molar-refractivity contribution in [3.63, 3.8) is 0 Å². The van der Waals surface area contributed by atoms with Crippen LogP contribution in [-0.2, 0) is 6.42 Å². The van der Waals surface area contributed by atoms with Crippen molar-refractivity contribution in [3.05, 3.63) is 65.7 Å². The molecule has 0 aliphatic heterocycles. The van der Waals surface area contributed by atoms with Gasteiger partial charge in [0.15, 0.2) is 0 Å². The van der Waals surface area contributed by atoms with E-state index < -0.39 is 0 Å². The number of hydrogen-bond donors (Lipinski definition) is 0. The third-order valence-corrected chi connectivity index (χ3v) is 6.35. The van der Waals surface area contributed by atoms with Gasteiger partial charge in [0, 0.05) is 0 Å². The lowest BCUT2D eigenvalue weighted by Crippen LogP contribution is -2.05. The summed E-state index contributed by atoms with van der Waals surface area (Å²) >= 11 is 0. The van der Waals surface area contributed by atoms with E-state index in [-0.39, 0.29) is 0 Å². The fourth-order valence-corrected chi connectivity index (χ4v) is 4.39. The third kappa shape index (κ3) is 6.09. The van der Waals surface area contributed by atoms with Gasteiger partial charge in [0.2, 0.25) is 0 Å². The number of unbranched alkanes of at least 4 members (excludes halogenated alkanes) is 4. The molecule has 0 bridgehead atoms. The Morgan fingerprint density at radius 3 is 1.96 bits per heavy atom. The molecule has 0 saturated heterocycles. The first kappa shape index (κ1) is 20.9. The van der Waals surface area contributed by atoms with E-state index in [1.54, 1.807) is 5.57 Å². The zero-order valence-electron chi connectivity index (χ0n) is 18.1. The lowest BCUT2D eigenvalue weighted by Gasteiger charge is -2.22. The molecule has 1 atom stereocenters. The van der Waals surface area contributed by atoms with Crippen molar-refractivity contribution in [2.45, 2.75) is 84.5 Å². The van der Waals surface area contributed by atoms with Crippen molar-refractivity contribution < 1.29 is 0 Å². The SMILES string of the molecule is CCCCCCC1CC=C(c2ccc(-c3ccc(CCCC)cc3)cc2)CC1. The summed E-state index contributed by atoms with van der Waals surface area (Å²) in [6, 6.07) is 18.4. The Hall–Kier alpha value is -1.82. The van der Waals surface area contributed by atoms with E-state index in [4.69, 9.17) is 0 Å². The summed E-state index contributed by atoms with van der Waals surface area (Å²) in [5, 5.41) is 0. The maximum absolute atomic E-state index is 2.52. The Morgan fingerprint density at radius 2 is 1.36 bits per heavy atom. The van der Waals surface area contributed by atoms with Crippen LogP contribution >= 0.6 is 0 Å². The van der Waals surface area contributed by atoms with E-state index in [1.807, 2.05) is 0 Å². The second-order valence-electron chi connectivity index (χ2n) is 8.60. The van der Waals surface area contributed by atoms with E-state index >= 15 is 0 Å². The van der Waals surface area contributed by atoms with E-state index in [0.717, 1.165) is 5.92 Å². The highest BCUT2D eigenvalue weighted by Crippen LogP contribution is 2.33. The quantitative estimate of drug-likeness (QED) is 0.364. The van der Waals surface area contributed by atoms with E-state index in [0.29, 0.717) is 0 Å². The monoisotopic (exact) mass is 374 g/mol. The molecule has 0 amide bonds. The number of rotatable bonds is 10. The molecule has 1 unspecified atom stereocenters. The minimum absolute atomic E-state index is 0.922. The molecule has 28 heavy (non-hydrogen) atoms. The minimum atomic E-state index is 0.922. The molecule has 2 aromatic carbocycles. The molecule has 0 aromatic heterocycles. The van der Waals surface area contributed by atoms with Crippen molar-refractivity contribution >= 4 is 5.57 Å². The largest absolute Gasteiger partial charge is 0.0804 e. The first-order valence-corrected chi connectivity index (χ1v) is 11.7. The molecule has 0 heteroatoms. The molecule has 0 N–H and O–H groups in total. The summed E-state index contributed by atoms with van der Waals surface area (Å²) in [7, 11) is 0. The van der Waals surface area contributed by atoms with Gasteiger partial charge in [-0.2, -0.15) is 0 Å². The summed E-state index contributed by atoms with van der Waals surface area (Å²) in [5.74, 6) is 0.922. The highest BCUT2D eigenvalue weighted by atomic mass is 14.2. The molecule has 0 heterocycles. The number of aryl methyl sites for hydroxylation is 1. The van der Waals surface area contributed by atoms with Crippen LogP contribution in [0.4, 0.5) is 0 Å². The number of hydrogen-bond acceptors (Lipinski definition) is 0. The zero-order valence-corrected chi connectivity index (χ0v) is 18.1. The fourth-order valence-electron chi connectivity index (χ4n) is 4.39. The molecular formula is C28H38. The van der Waals surface area contributed by atoms with Gasteiger partial charge in [0.1, 0.15) is 0 Å². The Labute approximate surface area is 173 Å². The average Bonchev–Trinajstić information content (AvgIpc) is 2.76.